The second-order valence-corrected chi connectivity index (χ2v) is 4.90. The number of rotatable bonds is 7. The summed E-state index contributed by atoms with van der Waals surface area (Å²) >= 11 is 0. The fraction of sp³-hybridized carbons (Fsp3) is 0.857. The van der Waals surface area contributed by atoms with Gasteiger partial charge in [-0.1, -0.05) is 0 Å². The van der Waals surface area contributed by atoms with E-state index in [-0.39, 0.29) is 24.4 Å². The van der Waals surface area contributed by atoms with Crippen molar-refractivity contribution >= 4 is 11.9 Å². The third-order valence-corrected chi connectivity index (χ3v) is 3.34. The summed E-state index contributed by atoms with van der Waals surface area (Å²) in [6.45, 7) is 3.40. The number of nitrogens with zero attached hydrogens (tertiary/aromatic N) is 1. The molecule has 1 amide bonds. The van der Waals surface area contributed by atoms with Crippen molar-refractivity contribution in [2.75, 3.05) is 26.8 Å². The van der Waals surface area contributed by atoms with Crippen LogP contribution in [0.2, 0.25) is 0 Å². The molecule has 1 aliphatic rings. The molecule has 5 heteroatoms. The van der Waals surface area contributed by atoms with Crippen LogP contribution in [0.15, 0.2) is 0 Å². The molecule has 1 unspecified atom stereocenters. The SMILES string of the molecule is CCOC(=O)CCN(C)C(=O)CCC1CCCCO1. The van der Waals surface area contributed by atoms with Crippen molar-refractivity contribution in [2.45, 2.75) is 51.6 Å². The van der Waals surface area contributed by atoms with Gasteiger partial charge in [-0.15, -0.1) is 0 Å². The second-order valence-electron chi connectivity index (χ2n) is 4.90. The molecule has 19 heavy (non-hydrogen) atoms. The average Bonchev–Trinajstić information content (AvgIpc) is 2.43. The number of amides is 1. The summed E-state index contributed by atoms with van der Waals surface area (Å²) in [5.41, 5.74) is 0. The van der Waals surface area contributed by atoms with Crippen LogP contribution in [0.25, 0.3) is 0 Å². The Hall–Kier alpha value is -1.10. The molecule has 1 aliphatic heterocycles. The van der Waals surface area contributed by atoms with Crippen molar-refractivity contribution < 1.29 is 19.1 Å². The molecule has 1 fully saturated rings. The smallest absolute Gasteiger partial charge is 0.307 e. The first-order chi connectivity index (χ1) is 9.13. The van der Waals surface area contributed by atoms with Crippen LogP contribution in [0.1, 0.15) is 45.4 Å². The molecule has 0 aliphatic carbocycles. The van der Waals surface area contributed by atoms with Crippen LogP contribution >= 0.6 is 0 Å². The number of carbonyl (C=O) groups is 2. The lowest BCUT2D eigenvalue weighted by Gasteiger charge is -2.23. The third kappa shape index (κ3) is 6.57. The molecular weight excluding hydrogens is 246 g/mol. The number of carbonyl (C=O) groups excluding carboxylic acids is 2. The quantitative estimate of drug-likeness (QED) is 0.662. The molecule has 0 aromatic heterocycles. The third-order valence-electron chi connectivity index (χ3n) is 3.34. The summed E-state index contributed by atoms with van der Waals surface area (Å²) < 4.78 is 10.4. The Morgan fingerprint density at radius 3 is 2.74 bits per heavy atom. The summed E-state index contributed by atoms with van der Waals surface area (Å²) in [5.74, 6) is -0.184. The Morgan fingerprint density at radius 2 is 2.11 bits per heavy atom. The first-order valence-corrected chi connectivity index (χ1v) is 7.14. The van der Waals surface area contributed by atoms with Crippen LogP contribution in [0, 0.1) is 0 Å². The van der Waals surface area contributed by atoms with E-state index in [1.807, 2.05) is 0 Å². The monoisotopic (exact) mass is 271 g/mol. The van der Waals surface area contributed by atoms with Crippen molar-refractivity contribution in [3.63, 3.8) is 0 Å². The van der Waals surface area contributed by atoms with Crippen molar-refractivity contribution in [3.8, 4) is 0 Å². The molecule has 1 heterocycles. The highest BCUT2D eigenvalue weighted by Gasteiger charge is 2.17. The zero-order valence-electron chi connectivity index (χ0n) is 12.0. The van der Waals surface area contributed by atoms with Gasteiger partial charge in [-0.25, -0.2) is 0 Å². The van der Waals surface area contributed by atoms with Gasteiger partial charge in [0.2, 0.25) is 5.91 Å². The number of hydrogen-bond acceptors (Lipinski definition) is 4. The molecule has 0 N–H and O–H groups in total. The van der Waals surface area contributed by atoms with Crippen molar-refractivity contribution in [1.29, 1.82) is 0 Å². The number of ether oxygens (including phenoxy) is 2. The minimum atomic E-state index is -0.252. The highest BCUT2D eigenvalue weighted by atomic mass is 16.5. The minimum absolute atomic E-state index is 0.0680. The fourth-order valence-corrected chi connectivity index (χ4v) is 2.13. The largest absolute Gasteiger partial charge is 0.466 e. The van der Waals surface area contributed by atoms with Crippen LogP contribution in [-0.4, -0.2) is 49.7 Å². The van der Waals surface area contributed by atoms with Gasteiger partial charge in [-0.2, -0.15) is 0 Å². The van der Waals surface area contributed by atoms with E-state index in [1.54, 1.807) is 18.9 Å². The second kappa shape index (κ2) is 8.91. The van der Waals surface area contributed by atoms with Gasteiger partial charge in [-0.05, 0) is 32.6 Å². The molecule has 5 nitrogen and oxygen atoms in total. The summed E-state index contributed by atoms with van der Waals surface area (Å²) in [6.07, 6.45) is 5.14. The van der Waals surface area contributed by atoms with Crippen LogP contribution in [0.4, 0.5) is 0 Å². The predicted molar refractivity (Wildman–Crippen MR) is 71.7 cm³/mol. The highest BCUT2D eigenvalue weighted by molar-refractivity contribution is 5.77. The van der Waals surface area contributed by atoms with Gasteiger partial charge in [0.25, 0.3) is 0 Å². The van der Waals surface area contributed by atoms with Gasteiger partial charge < -0.3 is 14.4 Å². The van der Waals surface area contributed by atoms with E-state index >= 15 is 0 Å². The van der Waals surface area contributed by atoms with Gasteiger partial charge in [0.15, 0.2) is 0 Å². The molecule has 0 spiro atoms. The molecule has 0 saturated carbocycles. The maximum atomic E-state index is 11.9. The predicted octanol–water partition coefficient (Wildman–Crippen LogP) is 1.75. The Morgan fingerprint density at radius 1 is 1.32 bits per heavy atom. The maximum Gasteiger partial charge on any atom is 0.307 e. The van der Waals surface area contributed by atoms with Gasteiger partial charge in [0.1, 0.15) is 0 Å². The van der Waals surface area contributed by atoms with E-state index in [1.165, 1.54) is 6.42 Å². The lowest BCUT2D eigenvalue weighted by atomic mass is 10.0. The highest BCUT2D eigenvalue weighted by Crippen LogP contribution is 2.17. The van der Waals surface area contributed by atoms with E-state index in [9.17, 15) is 9.59 Å². The lowest BCUT2D eigenvalue weighted by Crippen LogP contribution is -2.30. The van der Waals surface area contributed by atoms with Crippen LogP contribution in [-0.2, 0) is 19.1 Å². The molecule has 1 atom stereocenters. The summed E-state index contributed by atoms with van der Waals surface area (Å²) in [5, 5.41) is 0. The zero-order chi connectivity index (χ0) is 14.1. The number of hydrogen-bond donors (Lipinski definition) is 0. The van der Waals surface area contributed by atoms with Gasteiger partial charge in [0.05, 0.1) is 19.1 Å². The van der Waals surface area contributed by atoms with Crippen molar-refractivity contribution in [2.24, 2.45) is 0 Å². The minimum Gasteiger partial charge on any atom is -0.466 e. The van der Waals surface area contributed by atoms with Gasteiger partial charge in [0, 0.05) is 26.6 Å². The molecule has 1 rings (SSSR count). The van der Waals surface area contributed by atoms with Gasteiger partial charge >= 0.3 is 5.97 Å². The van der Waals surface area contributed by atoms with Crippen molar-refractivity contribution in [3.05, 3.63) is 0 Å². The van der Waals surface area contributed by atoms with Gasteiger partial charge in [-0.3, -0.25) is 9.59 Å². The summed E-state index contributed by atoms with van der Waals surface area (Å²) in [4.78, 5) is 24.7. The van der Waals surface area contributed by atoms with Crippen LogP contribution in [0.5, 0.6) is 0 Å². The van der Waals surface area contributed by atoms with E-state index in [0.29, 0.717) is 19.6 Å². The molecule has 1 saturated heterocycles. The fourth-order valence-electron chi connectivity index (χ4n) is 2.13. The Labute approximate surface area is 115 Å². The van der Waals surface area contributed by atoms with E-state index in [2.05, 4.69) is 0 Å². The molecular formula is C14H25NO4. The first-order valence-electron chi connectivity index (χ1n) is 7.14. The Balaban J connectivity index is 2.15. The topological polar surface area (TPSA) is 55.8 Å². The lowest BCUT2D eigenvalue weighted by molar-refractivity contribution is -0.144. The van der Waals surface area contributed by atoms with E-state index in [4.69, 9.17) is 9.47 Å². The van der Waals surface area contributed by atoms with Crippen LogP contribution in [0.3, 0.4) is 0 Å². The number of esters is 1. The average molecular weight is 271 g/mol. The summed E-state index contributed by atoms with van der Waals surface area (Å²) in [7, 11) is 1.73. The standard InChI is InChI=1S/C14H25NO4/c1-3-18-14(17)9-10-15(2)13(16)8-7-12-6-4-5-11-19-12/h12H,3-11H2,1-2H3. The maximum absolute atomic E-state index is 11.9. The molecule has 0 bridgehead atoms. The molecule has 0 aromatic rings. The molecule has 0 radical (unpaired) electrons. The van der Waals surface area contributed by atoms with E-state index in [0.717, 1.165) is 25.9 Å². The van der Waals surface area contributed by atoms with E-state index < -0.39 is 0 Å². The molecule has 0 aromatic carbocycles. The first kappa shape index (κ1) is 16.0. The van der Waals surface area contributed by atoms with Crippen LogP contribution < -0.4 is 0 Å². The zero-order valence-corrected chi connectivity index (χ0v) is 12.0. The Kier molecular flexibility index (Phi) is 7.48. The normalized spacial score (nSPS) is 18.9. The van der Waals surface area contributed by atoms with Crippen molar-refractivity contribution in [1.82, 2.24) is 4.90 Å². The Bertz CT molecular complexity index is 287. The summed E-state index contributed by atoms with van der Waals surface area (Å²) in [6, 6.07) is 0. The molecule has 110 valence electrons.